The Morgan fingerprint density at radius 2 is 1.96 bits per heavy atom. The fraction of sp³-hybridized carbons (Fsp3) is 0.176. The number of hydrogen-bond acceptors (Lipinski definition) is 5. The first-order chi connectivity index (χ1) is 11.6. The Labute approximate surface area is 136 Å². The minimum Gasteiger partial charge on any atom is -0.454 e. The summed E-state index contributed by atoms with van der Waals surface area (Å²) in [6.07, 6.45) is 0. The molecule has 7 heteroatoms. The van der Waals surface area contributed by atoms with Gasteiger partial charge in [-0.1, -0.05) is 18.2 Å². The largest absolute Gasteiger partial charge is 0.454 e. The van der Waals surface area contributed by atoms with Gasteiger partial charge in [-0.3, -0.25) is 9.36 Å². The minimum absolute atomic E-state index is 0.283. The van der Waals surface area contributed by atoms with Crippen LogP contribution in [0.4, 0.5) is 0 Å². The molecule has 0 atom stereocenters. The molecule has 24 heavy (non-hydrogen) atoms. The van der Waals surface area contributed by atoms with E-state index in [1.807, 2.05) is 37.3 Å². The molecule has 0 saturated carbocycles. The second kappa shape index (κ2) is 5.16. The number of benzene rings is 1. The van der Waals surface area contributed by atoms with Gasteiger partial charge in [-0.15, -0.1) is 0 Å². The Morgan fingerprint density at radius 3 is 2.71 bits per heavy atom. The highest BCUT2D eigenvalue weighted by Crippen LogP contribution is 2.28. The number of aryl methyl sites for hydroxylation is 1. The number of aromatic nitrogens is 4. The maximum atomic E-state index is 12.4. The van der Waals surface area contributed by atoms with Crippen molar-refractivity contribution in [1.82, 2.24) is 19.3 Å². The predicted molar refractivity (Wildman–Crippen MR) is 89.0 cm³/mol. The summed E-state index contributed by atoms with van der Waals surface area (Å²) >= 11 is 0. The Morgan fingerprint density at radius 1 is 1.17 bits per heavy atom. The van der Waals surface area contributed by atoms with Crippen LogP contribution in [0.5, 0.6) is 0 Å². The molecule has 2 aliphatic rings. The molecule has 4 rings (SSSR count). The summed E-state index contributed by atoms with van der Waals surface area (Å²) in [6, 6.07) is 11.1. The fourth-order valence-corrected chi connectivity index (χ4v) is 2.70. The van der Waals surface area contributed by atoms with Crippen molar-refractivity contribution >= 4 is 11.0 Å². The molecular weight excluding hydrogens is 308 g/mol. The van der Waals surface area contributed by atoms with Crippen LogP contribution in [0, 0.1) is 0 Å². The SMILES string of the molecule is CCn1nc(-c2cc3ccccc3o2)cc2c(=O)n(C)c(=O)nc1-2. The highest BCUT2D eigenvalue weighted by atomic mass is 16.3. The zero-order valence-electron chi connectivity index (χ0n) is 13.2. The highest BCUT2D eigenvalue weighted by molar-refractivity contribution is 5.82. The molecule has 0 unspecified atom stereocenters. The zero-order chi connectivity index (χ0) is 16.8. The van der Waals surface area contributed by atoms with E-state index in [2.05, 4.69) is 10.1 Å². The molecule has 2 aromatic rings. The van der Waals surface area contributed by atoms with Gasteiger partial charge in [0.25, 0.3) is 5.56 Å². The van der Waals surface area contributed by atoms with Crippen LogP contribution in [-0.2, 0) is 13.6 Å². The van der Waals surface area contributed by atoms with Gasteiger partial charge in [0.05, 0.1) is 5.56 Å². The molecule has 1 aromatic carbocycles. The van der Waals surface area contributed by atoms with Crippen molar-refractivity contribution in [3.63, 3.8) is 0 Å². The second-order valence-electron chi connectivity index (χ2n) is 5.49. The molecule has 0 spiro atoms. The van der Waals surface area contributed by atoms with Crippen molar-refractivity contribution in [3.05, 3.63) is 57.2 Å². The second-order valence-corrected chi connectivity index (χ2v) is 5.49. The summed E-state index contributed by atoms with van der Waals surface area (Å²) < 4.78 is 8.36. The van der Waals surface area contributed by atoms with Crippen molar-refractivity contribution in [2.75, 3.05) is 0 Å². The van der Waals surface area contributed by atoms with Crippen molar-refractivity contribution in [1.29, 1.82) is 0 Å². The number of nitrogens with zero attached hydrogens (tertiary/aromatic N) is 4. The molecule has 120 valence electrons. The summed E-state index contributed by atoms with van der Waals surface area (Å²) in [7, 11) is 1.41. The van der Waals surface area contributed by atoms with E-state index in [9.17, 15) is 9.59 Å². The van der Waals surface area contributed by atoms with E-state index in [0.717, 1.165) is 15.5 Å². The Balaban J connectivity index is 2.04. The lowest BCUT2D eigenvalue weighted by Gasteiger charge is -2.13. The van der Waals surface area contributed by atoms with E-state index < -0.39 is 11.2 Å². The quantitative estimate of drug-likeness (QED) is 0.562. The summed E-state index contributed by atoms with van der Waals surface area (Å²) in [6.45, 7) is 2.35. The Bertz CT molecular complexity index is 1120. The molecule has 0 bridgehead atoms. The van der Waals surface area contributed by atoms with E-state index >= 15 is 0 Å². The smallest absolute Gasteiger partial charge is 0.352 e. The summed E-state index contributed by atoms with van der Waals surface area (Å²) in [4.78, 5) is 28.2. The highest BCUT2D eigenvalue weighted by Gasteiger charge is 2.19. The van der Waals surface area contributed by atoms with Crippen molar-refractivity contribution in [3.8, 4) is 22.8 Å². The summed E-state index contributed by atoms with van der Waals surface area (Å²) in [5.41, 5.74) is 0.626. The lowest BCUT2D eigenvalue weighted by Crippen LogP contribution is -2.36. The van der Waals surface area contributed by atoms with Gasteiger partial charge in [-0.05, 0) is 25.1 Å². The number of rotatable bonds is 2. The van der Waals surface area contributed by atoms with Crippen LogP contribution in [0.2, 0.25) is 0 Å². The third-order valence-corrected chi connectivity index (χ3v) is 4.00. The molecule has 0 fully saturated rings. The topological polar surface area (TPSA) is 82.9 Å². The van der Waals surface area contributed by atoms with Crippen molar-refractivity contribution in [2.24, 2.45) is 7.05 Å². The number of fused-ring (bicyclic) bond motifs is 2. The van der Waals surface area contributed by atoms with Crippen molar-refractivity contribution < 1.29 is 4.42 Å². The van der Waals surface area contributed by atoms with Gasteiger partial charge >= 0.3 is 5.69 Å². The van der Waals surface area contributed by atoms with Crippen LogP contribution in [0.15, 0.2) is 50.4 Å². The standard InChI is InChI=1S/C17H14N4O3/c1-3-21-15-11(16(22)20(2)17(23)18-15)9-12(19-21)14-8-10-6-4-5-7-13(10)24-14/h4-9H,3H2,1-2H3. The molecule has 0 saturated heterocycles. The van der Waals surface area contributed by atoms with Crippen LogP contribution in [0.25, 0.3) is 33.8 Å². The molecule has 0 radical (unpaired) electrons. The minimum atomic E-state index is -0.590. The monoisotopic (exact) mass is 322 g/mol. The molecule has 1 aromatic heterocycles. The molecule has 0 aliphatic carbocycles. The Kier molecular flexibility index (Phi) is 3.09. The van der Waals surface area contributed by atoms with E-state index in [4.69, 9.17) is 4.42 Å². The van der Waals surface area contributed by atoms with Crippen LogP contribution in [-0.4, -0.2) is 19.3 Å². The van der Waals surface area contributed by atoms with E-state index in [1.54, 1.807) is 10.7 Å². The van der Waals surface area contributed by atoms with Crippen molar-refractivity contribution in [2.45, 2.75) is 13.5 Å². The first-order valence-corrected chi connectivity index (χ1v) is 7.56. The molecule has 7 nitrogen and oxygen atoms in total. The first kappa shape index (κ1) is 14.4. The van der Waals surface area contributed by atoms with Gasteiger partial charge in [0.15, 0.2) is 11.6 Å². The first-order valence-electron chi connectivity index (χ1n) is 7.56. The summed E-state index contributed by atoms with van der Waals surface area (Å²) in [5.74, 6) is 0.846. The van der Waals surface area contributed by atoms with Crippen LogP contribution in [0.3, 0.4) is 0 Å². The molecule has 0 amide bonds. The normalized spacial score (nSPS) is 11.4. The average Bonchev–Trinajstić information content (AvgIpc) is 3.03. The van der Waals surface area contributed by atoms with Gasteiger partial charge in [0, 0.05) is 19.0 Å². The maximum absolute atomic E-state index is 12.4. The third-order valence-electron chi connectivity index (χ3n) is 4.00. The van der Waals surface area contributed by atoms with Crippen LogP contribution >= 0.6 is 0 Å². The van der Waals surface area contributed by atoms with Gasteiger partial charge < -0.3 is 4.42 Å². The maximum Gasteiger partial charge on any atom is 0.352 e. The predicted octanol–water partition coefficient (Wildman–Crippen LogP) is 1.87. The van der Waals surface area contributed by atoms with Crippen LogP contribution in [0.1, 0.15) is 6.92 Å². The lowest BCUT2D eigenvalue weighted by atomic mass is 10.2. The summed E-state index contributed by atoms with van der Waals surface area (Å²) in [5, 5.41) is 5.43. The van der Waals surface area contributed by atoms with E-state index in [0.29, 0.717) is 23.6 Å². The zero-order valence-corrected chi connectivity index (χ0v) is 13.2. The number of hydrogen-bond donors (Lipinski definition) is 0. The molecule has 3 heterocycles. The van der Waals surface area contributed by atoms with Crippen LogP contribution < -0.4 is 11.2 Å². The number of para-hydroxylation sites is 1. The third kappa shape index (κ3) is 2.05. The number of furan rings is 1. The van der Waals surface area contributed by atoms with Gasteiger partial charge in [0.2, 0.25) is 0 Å². The van der Waals surface area contributed by atoms with Gasteiger partial charge in [-0.2, -0.15) is 10.1 Å². The van der Waals surface area contributed by atoms with E-state index in [-0.39, 0.29) is 5.82 Å². The lowest BCUT2D eigenvalue weighted by molar-refractivity contribution is 0.598. The Hall–Kier alpha value is -3.22. The van der Waals surface area contributed by atoms with E-state index in [1.165, 1.54) is 7.05 Å². The average molecular weight is 322 g/mol. The fourth-order valence-electron chi connectivity index (χ4n) is 2.70. The van der Waals surface area contributed by atoms with Gasteiger partial charge in [-0.25, -0.2) is 9.48 Å². The molecular formula is C17H14N4O3. The molecule has 2 aliphatic heterocycles. The molecule has 0 N–H and O–H groups in total. The van der Waals surface area contributed by atoms with Gasteiger partial charge in [0.1, 0.15) is 11.3 Å².